The van der Waals surface area contributed by atoms with Crippen molar-refractivity contribution in [2.24, 2.45) is 11.7 Å². The Labute approximate surface area is 84.1 Å². The third-order valence-electron chi connectivity index (χ3n) is 2.84. The molecule has 1 heteroatoms. The molecule has 0 aromatic rings. The highest BCUT2D eigenvalue weighted by Crippen LogP contribution is 2.18. The van der Waals surface area contributed by atoms with E-state index >= 15 is 0 Å². The highest BCUT2D eigenvalue weighted by Gasteiger charge is 2.03. The van der Waals surface area contributed by atoms with E-state index in [2.05, 4.69) is 13.8 Å². The Balaban J connectivity index is 3.17. The summed E-state index contributed by atoms with van der Waals surface area (Å²) in [5, 5.41) is 0. The fourth-order valence-electron chi connectivity index (χ4n) is 1.89. The van der Waals surface area contributed by atoms with Crippen molar-refractivity contribution in [3.8, 4) is 0 Å². The Morgan fingerprint density at radius 2 is 1.62 bits per heavy atom. The van der Waals surface area contributed by atoms with E-state index in [4.69, 9.17) is 5.73 Å². The van der Waals surface area contributed by atoms with Crippen LogP contribution in [0.2, 0.25) is 0 Å². The Morgan fingerprint density at radius 3 is 2.15 bits per heavy atom. The largest absolute Gasteiger partial charge is 0.330 e. The number of unbranched alkanes of at least 4 members (excludes halogenated alkanes) is 3. The van der Waals surface area contributed by atoms with Crippen LogP contribution in [-0.2, 0) is 0 Å². The van der Waals surface area contributed by atoms with Crippen LogP contribution in [0, 0.1) is 5.92 Å². The second-order valence-electron chi connectivity index (χ2n) is 4.05. The summed E-state index contributed by atoms with van der Waals surface area (Å²) in [4.78, 5) is 0. The SMILES string of the molecule is CCCC(CC)CCCCCCN. The van der Waals surface area contributed by atoms with Gasteiger partial charge in [0, 0.05) is 0 Å². The minimum Gasteiger partial charge on any atom is -0.330 e. The van der Waals surface area contributed by atoms with Crippen LogP contribution in [0.3, 0.4) is 0 Å². The molecule has 1 unspecified atom stereocenters. The van der Waals surface area contributed by atoms with Gasteiger partial charge < -0.3 is 5.73 Å². The van der Waals surface area contributed by atoms with E-state index in [-0.39, 0.29) is 0 Å². The number of nitrogens with two attached hydrogens (primary N) is 1. The lowest BCUT2D eigenvalue weighted by atomic mass is 9.94. The van der Waals surface area contributed by atoms with Crippen LogP contribution < -0.4 is 5.73 Å². The minimum absolute atomic E-state index is 0.867. The van der Waals surface area contributed by atoms with Gasteiger partial charge in [-0.15, -0.1) is 0 Å². The molecule has 0 saturated carbocycles. The molecule has 0 amide bonds. The van der Waals surface area contributed by atoms with Crippen molar-refractivity contribution >= 4 is 0 Å². The molecule has 0 aliphatic rings. The van der Waals surface area contributed by atoms with Crippen LogP contribution in [-0.4, -0.2) is 6.54 Å². The lowest BCUT2D eigenvalue weighted by Crippen LogP contribution is -2.00. The van der Waals surface area contributed by atoms with E-state index in [9.17, 15) is 0 Å². The van der Waals surface area contributed by atoms with E-state index in [0.29, 0.717) is 0 Å². The van der Waals surface area contributed by atoms with Gasteiger partial charge in [0.15, 0.2) is 0 Å². The quantitative estimate of drug-likeness (QED) is 0.544. The third-order valence-corrected chi connectivity index (χ3v) is 2.84. The lowest BCUT2D eigenvalue weighted by Gasteiger charge is -2.12. The van der Waals surface area contributed by atoms with Gasteiger partial charge in [0.05, 0.1) is 0 Å². The Hall–Kier alpha value is -0.0400. The fourth-order valence-corrected chi connectivity index (χ4v) is 1.89. The molecular weight excluding hydrogens is 158 g/mol. The standard InChI is InChI=1S/C12H27N/c1-3-9-12(4-2)10-7-5-6-8-11-13/h12H,3-11,13H2,1-2H3. The molecule has 0 aliphatic carbocycles. The summed E-state index contributed by atoms with van der Waals surface area (Å²) in [6.45, 7) is 5.48. The van der Waals surface area contributed by atoms with Crippen molar-refractivity contribution < 1.29 is 0 Å². The van der Waals surface area contributed by atoms with Crippen LogP contribution in [0.4, 0.5) is 0 Å². The molecule has 0 aromatic carbocycles. The molecule has 13 heavy (non-hydrogen) atoms. The highest BCUT2D eigenvalue weighted by molar-refractivity contribution is 4.57. The molecule has 0 spiro atoms. The van der Waals surface area contributed by atoms with Crippen LogP contribution in [0.1, 0.15) is 65.2 Å². The topological polar surface area (TPSA) is 26.0 Å². The van der Waals surface area contributed by atoms with Crippen molar-refractivity contribution in [2.75, 3.05) is 6.54 Å². The first-order valence-corrected chi connectivity index (χ1v) is 6.05. The maximum atomic E-state index is 5.44. The van der Waals surface area contributed by atoms with Crippen molar-refractivity contribution in [2.45, 2.75) is 65.2 Å². The molecule has 1 nitrogen and oxygen atoms in total. The lowest BCUT2D eigenvalue weighted by molar-refractivity contribution is 0.409. The summed E-state index contributed by atoms with van der Waals surface area (Å²) in [6, 6.07) is 0. The van der Waals surface area contributed by atoms with E-state index in [0.717, 1.165) is 12.5 Å². The molecule has 0 radical (unpaired) electrons. The maximum Gasteiger partial charge on any atom is -0.00773 e. The Bertz CT molecular complexity index is 91.1. The second kappa shape index (κ2) is 10.0. The van der Waals surface area contributed by atoms with Crippen molar-refractivity contribution in [1.29, 1.82) is 0 Å². The summed E-state index contributed by atoms with van der Waals surface area (Å²) in [5.41, 5.74) is 5.44. The zero-order chi connectivity index (χ0) is 9.94. The van der Waals surface area contributed by atoms with Crippen LogP contribution in [0.5, 0.6) is 0 Å². The first kappa shape index (κ1) is 13.0. The average Bonchev–Trinajstić information content (AvgIpc) is 2.16. The van der Waals surface area contributed by atoms with Crippen molar-refractivity contribution in [3.05, 3.63) is 0 Å². The van der Waals surface area contributed by atoms with Gasteiger partial charge in [-0.1, -0.05) is 58.8 Å². The van der Waals surface area contributed by atoms with E-state index in [1.165, 1.54) is 51.4 Å². The predicted molar refractivity (Wildman–Crippen MR) is 60.8 cm³/mol. The summed E-state index contributed by atoms with van der Waals surface area (Å²) in [6.07, 6.45) is 10.9. The molecule has 0 rings (SSSR count). The van der Waals surface area contributed by atoms with Gasteiger partial charge in [0.2, 0.25) is 0 Å². The average molecular weight is 185 g/mol. The molecule has 0 heterocycles. The molecule has 80 valence electrons. The van der Waals surface area contributed by atoms with Gasteiger partial charge in [0.1, 0.15) is 0 Å². The van der Waals surface area contributed by atoms with Gasteiger partial charge in [-0.05, 0) is 18.9 Å². The predicted octanol–water partition coefficient (Wildman–Crippen LogP) is 3.72. The summed E-state index contributed by atoms with van der Waals surface area (Å²) >= 11 is 0. The molecule has 2 N–H and O–H groups in total. The number of rotatable bonds is 9. The molecule has 1 atom stereocenters. The fraction of sp³-hybridized carbons (Fsp3) is 1.00. The van der Waals surface area contributed by atoms with Crippen LogP contribution in [0.15, 0.2) is 0 Å². The zero-order valence-corrected chi connectivity index (χ0v) is 9.52. The van der Waals surface area contributed by atoms with Gasteiger partial charge in [-0.3, -0.25) is 0 Å². The third kappa shape index (κ3) is 8.29. The van der Waals surface area contributed by atoms with Crippen LogP contribution in [0.25, 0.3) is 0 Å². The molecular formula is C12H27N. The normalized spacial score (nSPS) is 13.2. The first-order valence-electron chi connectivity index (χ1n) is 6.05. The molecule has 0 saturated heterocycles. The molecule has 0 fully saturated rings. The number of hydrogen-bond acceptors (Lipinski definition) is 1. The Kier molecular flexibility index (Phi) is 10.0. The summed E-state index contributed by atoms with van der Waals surface area (Å²) in [7, 11) is 0. The smallest absolute Gasteiger partial charge is 0.00773 e. The van der Waals surface area contributed by atoms with Crippen LogP contribution >= 0.6 is 0 Å². The van der Waals surface area contributed by atoms with E-state index < -0.39 is 0 Å². The van der Waals surface area contributed by atoms with Crippen molar-refractivity contribution in [1.82, 2.24) is 0 Å². The Morgan fingerprint density at radius 1 is 0.923 bits per heavy atom. The number of hydrogen-bond donors (Lipinski definition) is 1. The highest BCUT2D eigenvalue weighted by atomic mass is 14.5. The van der Waals surface area contributed by atoms with Crippen molar-refractivity contribution in [3.63, 3.8) is 0 Å². The minimum atomic E-state index is 0.867. The van der Waals surface area contributed by atoms with E-state index in [1.807, 2.05) is 0 Å². The van der Waals surface area contributed by atoms with Gasteiger partial charge >= 0.3 is 0 Å². The van der Waals surface area contributed by atoms with Gasteiger partial charge in [0.25, 0.3) is 0 Å². The monoisotopic (exact) mass is 185 g/mol. The summed E-state index contributed by atoms with van der Waals surface area (Å²) < 4.78 is 0. The maximum absolute atomic E-state index is 5.44. The molecule has 0 aliphatic heterocycles. The van der Waals surface area contributed by atoms with Gasteiger partial charge in [-0.2, -0.15) is 0 Å². The zero-order valence-electron chi connectivity index (χ0n) is 9.52. The molecule has 0 aromatic heterocycles. The van der Waals surface area contributed by atoms with E-state index in [1.54, 1.807) is 0 Å². The van der Waals surface area contributed by atoms with Gasteiger partial charge in [-0.25, -0.2) is 0 Å². The summed E-state index contributed by atoms with van der Waals surface area (Å²) in [5.74, 6) is 0.989. The second-order valence-corrected chi connectivity index (χ2v) is 4.05. The molecule has 0 bridgehead atoms. The first-order chi connectivity index (χ1) is 6.35.